The average Bonchev–Trinajstić information content (AvgIpc) is 2.80. The maximum atomic E-state index is 11.3. The van der Waals surface area contributed by atoms with Crippen LogP contribution in [0.2, 0.25) is 0 Å². The molecular weight excluding hydrogens is 266 g/mol. The van der Waals surface area contributed by atoms with E-state index in [0.29, 0.717) is 0 Å². The molecule has 2 heterocycles. The summed E-state index contributed by atoms with van der Waals surface area (Å²) < 4.78 is 22.5. The molecule has 0 saturated heterocycles. The van der Waals surface area contributed by atoms with Crippen LogP contribution in [0.3, 0.4) is 0 Å². The fourth-order valence-corrected chi connectivity index (χ4v) is 4.10. The minimum Gasteiger partial charge on any atom is -0.305 e. The lowest BCUT2D eigenvalue weighted by Crippen LogP contribution is -2.29. The Balaban J connectivity index is 1.92. The zero-order valence-corrected chi connectivity index (χ0v) is 12.6. The van der Waals surface area contributed by atoms with Crippen molar-refractivity contribution in [1.29, 1.82) is 0 Å². The van der Waals surface area contributed by atoms with Gasteiger partial charge in [-0.25, -0.2) is 8.42 Å². The molecule has 100 valence electrons. The molecule has 0 spiro atoms. The molecule has 1 aliphatic heterocycles. The van der Waals surface area contributed by atoms with Crippen LogP contribution < -0.4 is 5.32 Å². The smallest absolute Gasteiger partial charge is 0.173 e. The molecule has 3 nitrogen and oxygen atoms in total. The first-order valence-corrected chi connectivity index (χ1v) is 8.53. The molecule has 1 atom stereocenters. The third-order valence-corrected chi connectivity index (χ3v) is 5.78. The molecule has 1 aromatic rings. The van der Waals surface area contributed by atoms with Crippen molar-refractivity contribution in [2.75, 3.05) is 5.75 Å². The van der Waals surface area contributed by atoms with Gasteiger partial charge in [0.25, 0.3) is 0 Å². The van der Waals surface area contributed by atoms with Crippen LogP contribution in [0.4, 0.5) is 0 Å². The highest BCUT2D eigenvalue weighted by atomic mass is 32.2. The van der Waals surface area contributed by atoms with Gasteiger partial charge in [0.2, 0.25) is 0 Å². The number of thiophene rings is 1. The van der Waals surface area contributed by atoms with Crippen molar-refractivity contribution in [3.63, 3.8) is 0 Å². The van der Waals surface area contributed by atoms with Gasteiger partial charge >= 0.3 is 0 Å². The van der Waals surface area contributed by atoms with E-state index in [4.69, 9.17) is 0 Å². The lowest BCUT2D eigenvalue weighted by atomic mass is 9.95. The summed E-state index contributed by atoms with van der Waals surface area (Å²) in [6, 6.07) is 4.23. The first-order valence-electron chi connectivity index (χ1n) is 6.00. The number of hydrogen-bond acceptors (Lipinski definition) is 4. The lowest BCUT2D eigenvalue weighted by molar-refractivity contribution is 0.591. The SMILES string of the molecule is CC(C)(C)c1ccc(CNC2C=CS(=O)(=O)C2)s1. The second-order valence-electron chi connectivity index (χ2n) is 5.66. The third-order valence-electron chi connectivity index (χ3n) is 2.87. The Morgan fingerprint density at radius 2 is 2.11 bits per heavy atom. The van der Waals surface area contributed by atoms with E-state index in [1.54, 1.807) is 17.4 Å². The van der Waals surface area contributed by atoms with Crippen LogP contribution in [-0.2, 0) is 21.8 Å². The van der Waals surface area contributed by atoms with Gasteiger partial charge < -0.3 is 5.32 Å². The largest absolute Gasteiger partial charge is 0.305 e. The van der Waals surface area contributed by atoms with Gasteiger partial charge in [0.15, 0.2) is 9.84 Å². The topological polar surface area (TPSA) is 46.2 Å². The molecule has 0 fully saturated rings. The highest BCUT2D eigenvalue weighted by molar-refractivity contribution is 7.94. The van der Waals surface area contributed by atoms with Crippen LogP contribution in [0.15, 0.2) is 23.6 Å². The van der Waals surface area contributed by atoms with Crippen LogP contribution in [-0.4, -0.2) is 20.2 Å². The summed E-state index contributed by atoms with van der Waals surface area (Å²) in [6.07, 6.45) is 1.73. The van der Waals surface area contributed by atoms with Gasteiger partial charge in [0.05, 0.1) is 5.75 Å². The molecule has 1 N–H and O–H groups in total. The first kappa shape index (κ1) is 13.8. The molecule has 1 aromatic heterocycles. The molecule has 1 aliphatic rings. The van der Waals surface area contributed by atoms with Gasteiger partial charge in [-0.3, -0.25) is 0 Å². The van der Waals surface area contributed by atoms with E-state index < -0.39 is 9.84 Å². The van der Waals surface area contributed by atoms with Crippen LogP contribution >= 0.6 is 11.3 Å². The molecule has 0 aromatic carbocycles. The molecule has 0 bridgehead atoms. The van der Waals surface area contributed by atoms with E-state index in [1.165, 1.54) is 15.2 Å². The van der Waals surface area contributed by atoms with Gasteiger partial charge in [0, 0.05) is 27.7 Å². The van der Waals surface area contributed by atoms with Crippen molar-refractivity contribution in [2.24, 2.45) is 0 Å². The number of rotatable bonds is 3. The van der Waals surface area contributed by atoms with E-state index in [0.717, 1.165) is 6.54 Å². The second kappa shape index (κ2) is 4.79. The van der Waals surface area contributed by atoms with Crippen LogP contribution in [0.25, 0.3) is 0 Å². The molecule has 0 aliphatic carbocycles. The Hall–Kier alpha value is -0.650. The van der Waals surface area contributed by atoms with Crippen molar-refractivity contribution < 1.29 is 8.42 Å². The van der Waals surface area contributed by atoms with Crippen LogP contribution in [0, 0.1) is 0 Å². The Kier molecular flexibility index (Phi) is 3.67. The quantitative estimate of drug-likeness (QED) is 0.928. The molecule has 0 saturated carbocycles. The summed E-state index contributed by atoms with van der Waals surface area (Å²) in [6.45, 7) is 7.32. The summed E-state index contributed by atoms with van der Waals surface area (Å²) in [5, 5.41) is 4.57. The predicted octanol–water partition coefficient (Wildman–Crippen LogP) is 2.45. The van der Waals surface area contributed by atoms with E-state index >= 15 is 0 Å². The van der Waals surface area contributed by atoms with Gasteiger partial charge in [-0.15, -0.1) is 11.3 Å². The zero-order chi connectivity index (χ0) is 13.4. The van der Waals surface area contributed by atoms with E-state index in [9.17, 15) is 8.42 Å². The Morgan fingerprint density at radius 3 is 2.61 bits per heavy atom. The monoisotopic (exact) mass is 285 g/mol. The van der Waals surface area contributed by atoms with E-state index in [1.807, 2.05) is 0 Å². The Labute approximate surface area is 113 Å². The zero-order valence-electron chi connectivity index (χ0n) is 10.9. The van der Waals surface area contributed by atoms with Crippen molar-refractivity contribution in [2.45, 2.75) is 38.8 Å². The molecule has 0 radical (unpaired) electrons. The molecule has 18 heavy (non-hydrogen) atoms. The molecule has 5 heteroatoms. The maximum Gasteiger partial charge on any atom is 0.173 e. The summed E-state index contributed by atoms with van der Waals surface area (Å²) in [5.41, 5.74) is 0.180. The van der Waals surface area contributed by atoms with Crippen molar-refractivity contribution >= 4 is 21.2 Å². The Morgan fingerprint density at radius 1 is 1.39 bits per heavy atom. The van der Waals surface area contributed by atoms with Crippen molar-refractivity contribution in [3.05, 3.63) is 33.4 Å². The third kappa shape index (κ3) is 3.43. The highest BCUT2D eigenvalue weighted by Crippen LogP contribution is 2.29. The summed E-state index contributed by atoms with van der Waals surface area (Å²) in [7, 11) is -2.96. The normalized spacial score (nSPS) is 22.5. The molecular formula is C13H19NO2S2. The highest BCUT2D eigenvalue weighted by Gasteiger charge is 2.21. The summed E-state index contributed by atoms with van der Waals surface area (Å²) in [5.74, 6) is 0.185. The molecule has 0 amide bonds. The number of sulfone groups is 1. The van der Waals surface area contributed by atoms with E-state index in [2.05, 4.69) is 38.2 Å². The fourth-order valence-electron chi connectivity index (χ4n) is 1.81. The predicted molar refractivity (Wildman–Crippen MR) is 76.6 cm³/mol. The maximum absolute atomic E-state index is 11.3. The van der Waals surface area contributed by atoms with Crippen molar-refractivity contribution in [1.82, 2.24) is 5.32 Å². The van der Waals surface area contributed by atoms with Gasteiger partial charge in [-0.2, -0.15) is 0 Å². The fraction of sp³-hybridized carbons (Fsp3) is 0.538. The lowest BCUT2D eigenvalue weighted by Gasteiger charge is -2.15. The van der Waals surface area contributed by atoms with Crippen molar-refractivity contribution in [3.8, 4) is 0 Å². The van der Waals surface area contributed by atoms with E-state index in [-0.39, 0.29) is 17.2 Å². The second-order valence-corrected chi connectivity index (χ2v) is 8.76. The average molecular weight is 285 g/mol. The molecule has 2 rings (SSSR count). The summed E-state index contributed by atoms with van der Waals surface area (Å²) >= 11 is 1.79. The van der Waals surface area contributed by atoms with Crippen LogP contribution in [0.5, 0.6) is 0 Å². The minimum absolute atomic E-state index is 0.0461. The van der Waals surface area contributed by atoms with Crippen LogP contribution in [0.1, 0.15) is 30.5 Å². The minimum atomic E-state index is -2.96. The number of nitrogens with one attached hydrogen (secondary N) is 1. The standard InChI is InChI=1S/C13H19NO2S2/c1-13(2,3)12-5-4-11(17-12)8-14-10-6-7-18(15,16)9-10/h4-7,10,14H,8-9H2,1-3H3. The summed E-state index contributed by atoms with van der Waals surface area (Å²) in [4.78, 5) is 2.60. The Bertz CT molecular complexity index is 550. The number of hydrogen-bond donors (Lipinski definition) is 1. The van der Waals surface area contributed by atoms with Gasteiger partial charge in [-0.1, -0.05) is 26.8 Å². The van der Waals surface area contributed by atoms with Gasteiger partial charge in [0.1, 0.15) is 0 Å². The molecule has 1 unspecified atom stereocenters. The first-order chi connectivity index (χ1) is 8.26. The van der Waals surface area contributed by atoms with Gasteiger partial charge in [-0.05, 0) is 17.5 Å².